The van der Waals surface area contributed by atoms with Gasteiger partial charge in [-0.25, -0.2) is 0 Å². The number of hydrogen-bond acceptors (Lipinski definition) is 4. The Kier molecular flexibility index (Phi) is 6.00. The molecule has 1 aromatic heterocycles. The number of alkyl halides is 3. The highest BCUT2D eigenvalue weighted by Gasteiger charge is 2.30. The van der Waals surface area contributed by atoms with Crippen LogP contribution in [-0.2, 0) is 13.2 Å². The topological polar surface area (TPSA) is 80.6 Å². The summed E-state index contributed by atoms with van der Waals surface area (Å²) in [6, 6.07) is 11.2. The summed E-state index contributed by atoms with van der Waals surface area (Å²) < 4.78 is 44.7. The minimum absolute atomic E-state index is 0.0743. The van der Waals surface area contributed by atoms with Crippen LogP contribution < -0.4 is 15.6 Å². The molecule has 9 heteroatoms. The molecule has 0 fully saturated rings. The van der Waals surface area contributed by atoms with E-state index >= 15 is 0 Å². The van der Waals surface area contributed by atoms with Gasteiger partial charge in [0.2, 0.25) is 0 Å². The number of aryl methyl sites for hydroxylation is 1. The summed E-state index contributed by atoms with van der Waals surface area (Å²) in [5, 5.41) is 13.2. The van der Waals surface area contributed by atoms with Crippen molar-refractivity contribution in [3.63, 3.8) is 0 Å². The molecular formula is C21H19F3N2O4. The Bertz CT molecular complexity index is 1140. The lowest BCUT2D eigenvalue weighted by Crippen LogP contribution is -2.28. The van der Waals surface area contributed by atoms with Gasteiger partial charge in [-0.15, -0.1) is 0 Å². The molecule has 3 aromatic rings. The number of benzene rings is 2. The van der Waals surface area contributed by atoms with Crippen molar-refractivity contribution in [2.24, 2.45) is 7.05 Å². The molecule has 158 valence electrons. The average Bonchev–Trinajstić information content (AvgIpc) is 2.71. The van der Waals surface area contributed by atoms with E-state index in [-0.39, 0.29) is 24.5 Å². The van der Waals surface area contributed by atoms with Gasteiger partial charge in [-0.3, -0.25) is 9.59 Å². The second kappa shape index (κ2) is 8.48. The van der Waals surface area contributed by atoms with Crippen molar-refractivity contribution in [3.05, 3.63) is 70.0 Å². The Morgan fingerprint density at radius 3 is 2.63 bits per heavy atom. The average molecular weight is 420 g/mol. The van der Waals surface area contributed by atoms with Gasteiger partial charge in [0.15, 0.2) is 5.75 Å². The van der Waals surface area contributed by atoms with Crippen LogP contribution in [0.5, 0.6) is 11.5 Å². The number of hydrogen-bond donors (Lipinski definition) is 2. The molecule has 0 spiro atoms. The molecule has 2 aromatic carbocycles. The normalized spacial score (nSPS) is 11.5. The molecule has 2 N–H and O–H groups in total. The lowest BCUT2D eigenvalue weighted by Gasteiger charge is -2.13. The number of aromatic hydroxyl groups is 1. The van der Waals surface area contributed by atoms with E-state index in [0.717, 1.165) is 12.1 Å². The highest BCUT2D eigenvalue weighted by atomic mass is 19.4. The molecule has 1 heterocycles. The minimum atomic E-state index is -4.45. The fourth-order valence-electron chi connectivity index (χ4n) is 3.02. The lowest BCUT2D eigenvalue weighted by atomic mass is 10.1. The van der Waals surface area contributed by atoms with Gasteiger partial charge in [-0.1, -0.05) is 24.3 Å². The van der Waals surface area contributed by atoms with Gasteiger partial charge < -0.3 is 19.7 Å². The van der Waals surface area contributed by atoms with Crippen LogP contribution in [0.15, 0.2) is 53.3 Å². The Morgan fingerprint density at radius 2 is 1.90 bits per heavy atom. The number of halogens is 3. The van der Waals surface area contributed by atoms with Gasteiger partial charge in [-0.05, 0) is 30.7 Å². The van der Waals surface area contributed by atoms with E-state index in [1.54, 1.807) is 24.3 Å². The van der Waals surface area contributed by atoms with Crippen molar-refractivity contribution in [2.75, 3.05) is 13.2 Å². The summed E-state index contributed by atoms with van der Waals surface area (Å²) in [6.45, 7) is 0.214. The number of carbonyl (C=O) groups excluding carboxylic acids is 1. The van der Waals surface area contributed by atoms with Crippen molar-refractivity contribution in [1.82, 2.24) is 9.88 Å². The fourth-order valence-corrected chi connectivity index (χ4v) is 3.02. The molecule has 0 aliphatic carbocycles. The van der Waals surface area contributed by atoms with Crippen LogP contribution in [0.2, 0.25) is 0 Å². The number of carbonyl (C=O) groups is 1. The van der Waals surface area contributed by atoms with Gasteiger partial charge in [0.25, 0.3) is 11.5 Å². The van der Waals surface area contributed by atoms with Crippen molar-refractivity contribution in [1.29, 1.82) is 0 Å². The number of rotatable bonds is 6. The predicted octanol–water partition coefficient (Wildman–Crippen LogP) is 3.46. The molecule has 0 saturated heterocycles. The predicted molar refractivity (Wildman–Crippen MR) is 105 cm³/mol. The summed E-state index contributed by atoms with van der Waals surface area (Å²) in [6.07, 6.45) is -4.14. The Labute approximate surface area is 169 Å². The fraction of sp³-hybridized carbons (Fsp3) is 0.238. The molecule has 0 bridgehead atoms. The maximum atomic E-state index is 12.7. The standard InChI is InChI=1S/C21H19F3N2O4/c1-26-16-9-3-2-8-15(16)17(18(27)20(26)29)19(28)25-10-5-11-30-14-7-4-6-13(12-14)21(22,23)24/h2-4,6-9,12,27H,5,10-11H2,1H3,(H,25,28). The third kappa shape index (κ3) is 4.40. The maximum absolute atomic E-state index is 12.7. The summed E-state index contributed by atoms with van der Waals surface area (Å²) in [5.41, 5.74) is -1.11. The summed E-state index contributed by atoms with van der Waals surface area (Å²) in [4.78, 5) is 24.7. The first-order valence-electron chi connectivity index (χ1n) is 9.09. The molecular weight excluding hydrogens is 401 g/mol. The quantitative estimate of drug-likeness (QED) is 0.599. The van der Waals surface area contributed by atoms with Crippen LogP contribution in [-0.4, -0.2) is 28.7 Å². The zero-order valence-electron chi connectivity index (χ0n) is 16.0. The van der Waals surface area contributed by atoms with E-state index < -0.39 is 29.0 Å². The van der Waals surface area contributed by atoms with Gasteiger partial charge >= 0.3 is 6.18 Å². The molecule has 6 nitrogen and oxygen atoms in total. The third-order valence-corrected chi connectivity index (χ3v) is 4.54. The Balaban J connectivity index is 1.62. The summed E-state index contributed by atoms with van der Waals surface area (Å²) in [7, 11) is 1.50. The Hall–Kier alpha value is -3.49. The number of nitrogens with one attached hydrogen (secondary N) is 1. The molecule has 0 aliphatic heterocycles. The molecule has 0 radical (unpaired) electrons. The van der Waals surface area contributed by atoms with Crippen molar-refractivity contribution >= 4 is 16.8 Å². The Morgan fingerprint density at radius 1 is 1.17 bits per heavy atom. The molecule has 3 rings (SSSR count). The number of fused-ring (bicyclic) bond motifs is 1. The number of amides is 1. The maximum Gasteiger partial charge on any atom is 0.416 e. The monoisotopic (exact) mass is 420 g/mol. The molecule has 0 saturated carbocycles. The summed E-state index contributed by atoms with van der Waals surface area (Å²) >= 11 is 0. The number of para-hydroxylation sites is 1. The van der Waals surface area contributed by atoms with E-state index in [2.05, 4.69) is 5.32 Å². The van der Waals surface area contributed by atoms with E-state index in [4.69, 9.17) is 4.74 Å². The first-order valence-corrected chi connectivity index (χ1v) is 9.09. The van der Waals surface area contributed by atoms with Crippen molar-refractivity contribution < 1.29 is 27.8 Å². The van der Waals surface area contributed by atoms with Gasteiger partial charge in [0, 0.05) is 19.0 Å². The zero-order valence-corrected chi connectivity index (χ0v) is 16.0. The number of ether oxygens (including phenoxy) is 1. The van der Waals surface area contributed by atoms with Crippen LogP contribution in [0.1, 0.15) is 22.3 Å². The van der Waals surface area contributed by atoms with E-state index in [0.29, 0.717) is 17.3 Å². The van der Waals surface area contributed by atoms with Crippen LogP contribution in [0.4, 0.5) is 13.2 Å². The highest BCUT2D eigenvalue weighted by Crippen LogP contribution is 2.31. The van der Waals surface area contributed by atoms with Crippen LogP contribution >= 0.6 is 0 Å². The largest absolute Gasteiger partial charge is 0.502 e. The number of pyridine rings is 1. The second-order valence-electron chi connectivity index (χ2n) is 6.59. The van der Waals surface area contributed by atoms with Gasteiger partial charge in [0.1, 0.15) is 5.75 Å². The number of aromatic nitrogens is 1. The molecule has 0 unspecified atom stereocenters. The van der Waals surface area contributed by atoms with Crippen LogP contribution in [0.3, 0.4) is 0 Å². The van der Waals surface area contributed by atoms with Gasteiger partial charge in [-0.2, -0.15) is 13.2 Å². The molecule has 0 atom stereocenters. The summed E-state index contributed by atoms with van der Waals surface area (Å²) in [5.74, 6) is -1.19. The number of nitrogens with zero attached hydrogens (tertiary/aromatic N) is 1. The van der Waals surface area contributed by atoms with E-state index in [9.17, 15) is 27.9 Å². The first kappa shape index (κ1) is 21.2. The van der Waals surface area contributed by atoms with Crippen molar-refractivity contribution in [3.8, 4) is 11.5 Å². The minimum Gasteiger partial charge on any atom is -0.502 e. The van der Waals surface area contributed by atoms with Crippen LogP contribution in [0, 0.1) is 0 Å². The van der Waals surface area contributed by atoms with Crippen molar-refractivity contribution in [2.45, 2.75) is 12.6 Å². The lowest BCUT2D eigenvalue weighted by molar-refractivity contribution is -0.137. The van der Waals surface area contributed by atoms with Gasteiger partial charge in [0.05, 0.1) is 23.3 Å². The smallest absolute Gasteiger partial charge is 0.416 e. The molecule has 30 heavy (non-hydrogen) atoms. The SMILES string of the molecule is Cn1c(=O)c(O)c(C(=O)NCCCOc2cccc(C(F)(F)F)c2)c2ccccc21. The van der Waals surface area contributed by atoms with Crippen LogP contribution in [0.25, 0.3) is 10.9 Å². The molecule has 1 amide bonds. The third-order valence-electron chi connectivity index (χ3n) is 4.54. The molecule has 0 aliphatic rings. The second-order valence-corrected chi connectivity index (χ2v) is 6.59. The van der Waals surface area contributed by atoms with E-state index in [1.165, 1.54) is 23.7 Å². The van der Waals surface area contributed by atoms with E-state index in [1.807, 2.05) is 0 Å². The highest BCUT2D eigenvalue weighted by molar-refractivity contribution is 6.08. The zero-order chi connectivity index (χ0) is 21.9. The first-order chi connectivity index (χ1) is 14.2.